The minimum absolute atomic E-state index is 0.0745. The summed E-state index contributed by atoms with van der Waals surface area (Å²) in [6, 6.07) is 3.17. The van der Waals surface area contributed by atoms with Gasteiger partial charge in [-0.05, 0) is 17.7 Å². The van der Waals surface area contributed by atoms with Crippen LogP contribution in [0.3, 0.4) is 0 Å². The van der Waals surface area contributed by atoms with Gasteiger partial charge in [-0.1, -0.05) is 0 Å². The Kier molecular flexibility index (Phi) is 5.90. The van der Waals surface area contributed by atoms with Crippen LogP contribution in [0.15, 0.2) is 23.4 Å². The molecule has 3 N–H and O–H groups in total. The predicted octanol–water partition coefficient (Wildman–Crippen LogP) is 0.577. The summed E-state index contributed by atoms with van der Waals surface area (Å²) >= 11 is 0. The van der Waals surface area contributed by atoms with Gasteiger partial charge < -0.3 is 10.8 Å². The number of halogens is 3. The van der Waals surface area contributed by atoms with Crippen molar-refractivity contribution in [1.82, 2.24) is 4.98 Å². The van der Waals surface area contributed by atoms with Crippen LogP contribution < -0.4 is 5.73 Å². The van der Waals surface area contributed by atoms with Gasteiger partial charge in [0.05, 0.1) is 0 Å². The van der Waals surface area contributed by atoms with Crippen LogP contribution in [-0.4, -0.2) is 36.9 Å². The second-order valence-electron chi connectivity index (χ2n) is 3.28. The number of sulfone groups is 1. The van der Waals surface area contributed by atoms with Gasteiger partial charge in [0.1, 0.15) is 0 Å². The van der Waals surface area contributed by atoms with E-state index >= 15 is 0 Å². The Labute approximate surface area is 107 Å². The molecule has 10 heteroatoms. The van der Waals surface area contributed by atoms with Crippen LogP contribution in [0.5, 0.6) is 0 Å². The highest BCUT2D eigenvalue weighted by Crippen LogP contribution is 2.13. The third-order valence-electron chi connectivity index (χ3n) is 1.66. The van der Waals surface area contributed by atoms with Crippen LogP contribution in [-0.2, 0) is 21.2 Å². The van der Waals surface area contributed by atoms with Crippen molar-refractivity contribution in [1.29, 1.82) is 0 Å². The summed E-state index contributed by atoms with van der Waals surface area (Å²) in [6.45, 7) is 0.324. The normalized spacial score (nSPS) is 11.4. The number of alkyl halides is 3. The number of carboxylic acid groups (broad SMARTS) is 1. The van der Waals surface area contributed by atoms with E-state index in [1.54, 1.807) is 6.07 Å². The minimum Gasteiger partial charge on any atom is -0.475 e. The maximum atomic E-state index is 11.0. The van der Waals surface area contributed by atoms with E-state index in [2.05, 4.69) is 4.98 Å². The molecule has 108 valence electrons. The van der Waals surface area contributed by atoms with E-state index in [-0.39, 0.29) is 5.03 Å². The van der Waals surface area contributed by atoms with Crippen molar-refractivity contribution in [3.63, 3.8) is 0 Å². The zero-order valence-corrected chi connectivity index (χ0v) is 10.5. The molecule has 1 aromatic heterocycles. The quantitative estimate of drug-likeness (QED) is 0.826. The number of aromatic nitrogens is 1. The van der Waals surface area contributed by atoms with Crippen LogP contribution >= 0.6 is 0 Å². The molecule has 0 saturated carbocycles. The van der Waals surface area contributed by atoms with Crippen molar-refractivity contribution >= 4 is 15.8 Å². The van der Waals surface area contributed by atoms with E-state index < -0.39 is 22.0 Å². The molecule has 1 rings (SSSR count). The molecule has 0 bridgehead atoms. The molecule has 0 aliphatic rings. The topological polar surface area (TPSA) is 110 Å². The molecule has 0 aliphatic heterocycles. The fourth-order valence-electron chi connectivity index (χ4n) is 0.780. The number of nitrogens with two attached hydrogens (primary N) is 1. The average Bonchev–Trinajstić information content (AvgIpc) is 2.27. The third kappa shape index (κ3) is 6.72. The molecule has 0 saturated heterocycles. The molecule has 0 aliphatic carbocycles. The molecule has 0 unspecified atom stereocenters. The summed E-state index contributed by atoms with van der Waals surface area (Å²) in [7, 11) is -3.20. The Morgan fingerprint density at radius 2 is 1.95 bits per heavy atom. The van der Waals surface area contributed by atoms with Crippen molar-refractivity contribution < 1.29 is 31.5 Å². The number of nitrogens with zero attached hydrogens (tertiary/aromatic N) is 1. The molecule has 0 radical (unpaired) electrons. The van der Waals surface area contributed by atoms with E-state index in [9.17, 15) is 21.6 Å². The van der Waals surface area contributed by atoms with Gasteiger partial charge in [0.2, 0.25) is 0 Å². The molecule has 1 aromatic rings. The van der Waals surface area contributed by atoms with Gasteiger partial charge in [-0.3, -0.25) is 0 Å². The first-order valence-corrected chi connectivity index (χ1v) is 6.52. The monoisotopic (exact) mass is 300 g/mol. The molecule has 1 heterocycles. The first-order valence-electron chi connectivity index (χ1n) is 4.63. The van der Waals surface area contributed by atoms with E-state index in [0.29, 0.717) is 6.54 Å². The number of carbonyl (C=O) groups is 1. The molecule has 19 heavy (non-hydrogen) atoms. The summed E-state index contributed by atoms with van der Waals surface area (Å²) in [5, 5.41) is 7.20. The van der Waals surface area contributed by atoms with Gasteiger partial charge in [-0.25, -0.2) is 18.2 Å². The van der Waals surface area contributed by atoms with Crippen molar-refractivity contribution in [2.45, 2.75) is 17.7 Å². The van der Waals surface area contributed by atoms with Crippen molar-refractivity contribution in [2.75, 3.05) is 6.26 Å². The number of pyridine rings is 1. The maximum Gasteiger partial charge on any atom is 0.490 e. The summed E-state index contributed by atoms with van der Waals surface area (Å²) in [4.78, 5) is 12.6. The first-order chi connectivity index (χ1) is 8.48. The molecular formula is C9H11F3N2O4S. The van der Waals surface area contributed by atoms with E-state index in [1.807, 2.05) is 0 Å². The summed E-state index contributed by atoms with van der Waals surface area (Å²) in [5.74, 6) is -2.76. The summed E-state index contributed by atoms with van der Waals surface area (Å²) in [6.07, 6.45) is -2.52. The Morgan fingerprint density at radius 3 is 2.26 bits per heavy atom. The van der Waals surface area contributed by atoms with Crippen molar-refractivity contribution in [2.24, 2.45) is 5.73 Å². The van der Waals surface area contributed by atoms with Gasteiger partial charge in [0.25, 0.3) is 0 Å². The Hall–Kier alpha value is -1.68. The molecule has 0 atom stereocenters. The van der Waals surface area contributed by atoms with Gasteiger partial charge >= 0.3 is 12.1 Å². The van der Waals surface area contributed by atoms with Crippen molar-refractivity contribution in [3.05, 3.63) is 23.9 Å². The largest absolute Gasteiger partial charge is 0.490 e. The molecule has 0 spiro atoms. The highest BCUT2D eigenvalue weighted by molar-refractivity contribution is 7.90. The molecule has 0 aromatic carbocycles. The van der Waals surface area contributed by atoms with Crippen LogP contribution in [0.25, 0.3) is 0 Å². The Bertz CT molecular complexity index is 543. The lowest BCUT2D eigenvalue weighted by atomic mass is 10.3. The lowest BCUT2D eigenvalue weighted by Crippen LogP contribution is -2.21. The number of carboxylic acids is 1. The number of hydrogen-bond donors (Lipinski definition) is 2. The van der Waals surface area contributed by atoms with E-state index in [0.717, 1.165) is 11.8 Å². The third-order valence-corrected chi connectivity index (χ3v) is 2.64. The zero-order chi connectivity index (χ0) is 15.3. The van der Waals surface area contributed by atoms with Gasteiger partial charge in [0.15, 0.2) is 14.9 Å². The number of rotatable bonds is 2. The second-order valence-corrected chi connectivity index (χ2v) is 5.24. The van der Waals surface area contributed by atoms with Crippen LogP contribution in [0, 0.1) is 0 Å². The van der Waals surface area contributed by atoms with Gasteiger partial charge in [-0.15, -0.1) is 0 Å². The van der Waals surface area contributed by atoms with E-state index in [4.69, 9.17) is 15.6 Å². The fourth-order valence-corrected chi connectivity index (χ4v) is 1.40. The standard InChI is InChI=1S/C7H10N2O2S.C2HF3O2/c1-12(10,11)7-4-6(5-8)2-3-9-7;3-2(4,5)1(6)7/h2-4H,5,8H2,1H3;(H,6,7). The smallest absolute Gasteiger partial charge is 0.475 e. The van der Waals surface area contributed by atoms with Crippen molar-refractivity contribution in [3.8, 4) is 0 Å². The van der Waals surface area contributed by atoms with Crippen LogP contribution in [0.2, 0.25) is 0 Å². The summed E-state index contributed by atoms with van der Waals surface area (Å²) in [5.41, 5.74) is 6.11. The zero-order valence-electron chi connectivity index (χ0n) is 9.68. The van der Waals surface area contributed by atoms with E-state index in [1.165, 1.54) is 12.3 Å². The highest BCUT2D eigenvalue weighted by Gasteiger charge is 2.38. The lowest BCUT2D eigenvalue weighted by molar-refractivity contribution is -0.192. The average molecular weight is 300 g/mol. The first kappa shape index (κ1) is 17.3. The van der Waals surface area contributed by atoms with Crippen LogP contribution in [0.1, 0.15) is 5.56 Å². The van der Waals surface area contributed by atoms with Gasteiger partial charge in [-0.2, -0.15) is 13.2 Å². The SMILES string of the molecule is CS(=O)(=O)c1cc(CN)ccn1.O=C(O)C(F)(F)F. The molecule has 0 fully saturated rings. The number of aliphatic carboxylic acids is 1. The predicted molar refractivity (Wildman–Crippen MR) is 58.9 cm³/mol. The Morgan fingerprint density at radius 1 is 1.47 bits per heavy atom. The summed E-state index contributed by atoms with van der Waals surface area (Å²) < 4.78 is 53.7. The van der Waals surface area contributed by atoms with Gasteiger partial charge in [0, 0.05) is 19.0 Å². The maximum absolute atomic E-state index is 11.0. The fraction of sp³-hybridized carbons (Fsp3) is 0.333. The molecule has 0 amide bonds. The molecule has 6 nitrogen and oxygen atoms in total. The lowest BCUT2D eigenvalue weighted by Gasteiger charge is -1.99. The Balaban J connectivity index is 0.000000399. The minimum atomic E-state index is -5.08. The second kappa shape index (κ2) is 6.48. The highest BCUT2D eigenvalue weighted by atomic mass is 32.2. The van der Waals surface area contributed by atoms with Crippen LogP contribution in [0.4, 0.5) is 13.2 Å². The molecular weight excluding hydrogens is 289 g/mol. The number of hydrogen-bond acceptors (Lipinski definition) is 5.